The first-order chi connectivity index (χ1) is 20.9. The molecule has 0 aliphatic heterocycles. The predicted octanol–water partition coefficient (Wildman–Crippen LogP) is 4.52. The fourth-order valence-corrected chi connectivity index (χ4v) is 5.55. The first kappa shape index (κ1) is 37.2. The second kappa shape index (κ2) is 18.7. The minimum absolute atomic E-state index is 0.0487. The van der Waals surface area contributed by atoms with Crippen molar-refractivity contribution in [2.24, 2.45) is 23.5 Å². The molecule has 0 saturated heterocycles. The van der Waals surface area contributed by atoms with Gasteiger partial charge in [-0.25, -0.2) is 0 Å². The maximum atomic E-state index is 14.2. The summed E-state index contributed by atoms with van der Waals surface area (Å²) in [5.74, 6) is -0.962. The molecule has 246 valence electrons. The number of nitrogens with zero attached hydrogens (tertiary/aromatic N) is 1. The second-order valence-corrected chi connectivity index (χ2v) is 12.9. The molecule has 0 bridgehead atoms. The van der Waals surface area contributed by atoms with E-state index in [1.807, 2.05) is 77.1 Å². The Morgan fingerprint density at radius 1 is 0.886 bits per heavy atom. The first-order valence-electron chi connectivity index (χ1n) is 16.3. The average Bonchev–Trinajstić information content (AvgIpc) is 2.98. The van der Waals surface area contributed by atoms with E-state index in [-0.39, 0.29) is 42.6 Å². The molecule has 1 unspecified atom stereocenters. The summed E-state index contributed by atoms with van der Waals surface area (Å²) in [7, 11) is 0. The zero-order chi connectivity index (χ0) is 32.8. The number of carbonyl (C=O) groups excluding carboxylic acids is 3. The van der Waals surface area contributed by atoms with Crippen molar-refractivity contribution in [2.75, 3.05) is 18.1 Å². The van der Waals surface area contributed by atoms with Gasteiger partial charge < -0.3 is 26.6 Å². The number of aliphatic hydroxyl groups excluding tert-OH is 2. The molecule has 0 spiro atoms. The third kappa shape index (κ3) is 11.2. The Bertz CT molecular complexity index is 1180. The van der Waals surface area contributed by atoms with Gasteiger partial charge in [-0.3, -0.25) is 19.3 Å². The summed E-state index contributed by atoms with van der Waals surface area (Å²) in [5.41, 5.74) is 6.77. The molecule has 0 fully saturated rings. The topological polar surface area (TPSA) is 145 Å². The van der Waals surface area contributed by atoms with Gasteiger partial charge in [0.25, 0.3) is 0 Å². The smallest absolute Gasteiger partial charge is 0.244 e. The van der Waals surface area contributed by atoms with Crippen molar-refractivity contribution in [3.63, 3.8) is 0 Å². The molecule has 0 aliphatic carbocycles. The fourth-order valence-electron chi connectivity index (χ4n) is 5.55. The molecule has 2 aromatic carbocycles. The molecule has 3 amide bonds. The van der Waals surface area contributed by atoms with Crippen LogP contribution in [0.3, 0.4) is 0 Å². The van der Waals surface area contributed by atoms with Gasteiger partial charge in [0.15, 0.2) is 0 Å². The predicted molar refractivity (Wildman–Crippen MR) is 178 cm³/mol. The number of fused-ring (bicyclic) bond motifs is 1. The zero-order valence-corrected chi connectivity index (χ0v) is 27.6. The number of anilines is 1. The van der Waals surface area contributed by atoms with Crippen LogP contribution < -0.4 is 21.3 Å². The largest absolute Gasteiger partial charge is 0.396 e. The van der Waals surface area contributed by atoms with Crippen LogP contribution in [0.2, 0.25) is 0 Å². The zero-order valence-electron chi connectivity index (χ0n) is 27.6. The Balaban J connectivity index is 2.45. The molecule has 9 nitrogen and oxygen atoms in total. The number of hydrogen-bond acceptors (Lipinski definition) is 6. The molecule has 44 heavy (non-hydrogen) atoms. The van der Waals surface area contributed by atoms with Crippen LogP contribution in [0.25, 0.3) is 10.8 Å². The quantitative estimate of drug-likeness (QED) is 0.158. The monoisotopic (exact) mass is 612 g/mol. The van der Waals surface area contributed by atoms with Gasteiger partial charge in [-0.2, -0.15) is 0 Å². The summed E-state index contributed by atoms with van der Waals surface area (Å²) in [4.78, 5) is 42.5. The maximum Gasteiger partial charge on any atom is 0.244 e. The highest BCUT2D eigenvalue weighted by Gasteiger charge is 2.36. The second-order valence-electron chi connectivity index (χ2n) is 12.9. The molecule has 9 heteroatoms. The number of benzene rings is 2. The fraction of sp³-hybridized carbons (Fsp3) is 0.629. The molecule has 5 atom stereocenters. The maximum absolute atomic E-state index is 14.2. The van der Waals surface area contributed by atoms with Gasteiger partial charge in [0.2, 0.25) is 17.7 Å². The SMILES string of the molecule is CCCC[C@@H](C(=O)N[C@@H](CC(C)C)[C@@H](O)CC(CCCO)C(=O)NCC(C)C)N(C(=O)[C@H](C)N)c1cccc2ccccc12. The average molecular weight is 613 g/mol. The van der Waals surface area contributed by atoms with Gasteiger partial charge in [0, 0.05) is 24.5 Å². The summed E-state index contributed by atoms with van der Waals surface area (Å²) < 4.78 is 0. The van der Waals surface area contributed by atoms with Crippen molar-refractivity contribution in [2.45, 2.75) is 111 Å². The molecule has 0 aromatic heterocycles. The number of nitrogens with one attached hydrogen (secondary N) is 2. The van der Waals surface area contributed by atoms with Gasteiger partial charge in [0.1, 0.15) is 6.04 Å². The minimum Gasteiger partial charge on any atom is -0.396 e. The summed E-state index contributed by atoms with van der Waals surface area (Å²) in [5, 5.41) is 28.8. The highest BCUT2D eigenvalue weighted by Crippen LogP contribution is 2.30. The van der Waals surface area contributed by atoms with Crippen LogP contribution in [0, 0.1) is 17.8 Å². The van der Waals surface area contributed by atoms with Crippen LogP contribution in [-0.2, 0) is 14.4 Å². The molecule has 6 N–H and O–H groups in total. The van der Waals surface area contributed by atoms with E-state index >= 15 is 0 Å². The molecular weight excluding hydrogens is 556 g/mol. The van der Waals surface area contributed by atoms with E-state index < -0.39 is 30.1 Å². The van der Waals surface area contributed by atoms with Gasteiger partial charge in [-0.05, 0) is 62.3 Å². The van der Waals surface area contributed by atoms with E-state index in [1.165, 1.54) is 0 Å². The summed E-state index contributed by atoms with van der Waals surface area (Å²) >= 11 is 0. The van der Waals surface area contributed by atoms with Crippen LogP contribution in [0.4, 0.5) is 5.69 Å². The van der Waals surface area contributed by atoms with E-state index in [2.05, 4.69) is 10.6 Å². The van der Waals surface area contributed by atoms with Gasteiger partial charge >= 0.3 is 0 Å². The van der Waals surface area contributed by atoms with Crippen LogP contribution in [0.15, 0.2) is 42.5 Å². The lowest BCUT2D eigenvalue weighted by molar-refractivity contribution is -0.129. The van der Waals surface area contributed by atoms with Gasteiger partial charge in [-0.15, -0.1) is 0 Å². The Kier molecular flexibility index (Phi) is 15.8. The van der Waals surface area contributed by atoms with E-state index in [0.29, 0.717) is 44.3 Å². The Morgan fingerprint density at radius 3 is 2.18 bits per heavy atom. The Morgan fingerprint density at radius 2 is 1.57 bits per heavy atom. The van der Waals surface area contributed by atoms with Gasteiger partial charge in [0.05, 0.1) is 23.9 Å². The molecule has 2 rings (SSSR count). The lowest BCUT2D eigenvalue weighted by Crippen LogP contribution is -2.57. The number of aliphatic hydroxyl groups is 2. The van der Waals surface area contributed by atoms with Crippen LogP contribution in [0.5, 0.6) is 0 Å². The first-order valence-corrected chi connectivity index (χ1v) is 16.3. The van der Waals surface area contributed by atoms with E-state index in [9.17, 15) is 24.6 Å². The number of amides is 3. The normalized spacial score (nSPS) is 15.1. The van der Waals surface area contributed by atoms with Crippen molar-refractivity contribution in [3.05, 3.63) is 42.5 Å². The van der Waals surface area contributed by atoms with E-state index in [1.54, 1.807) is 11.8 Å². The minimum atomic E-state index is -1.00. The molecule has 0 radical (unpaired) electrons. The van der Waals surface area contributed by atoms with Crippen molar-refractivity contribution < 1.29 is 24.6 Å². The molecule has 2 aromatic rings. The number of unbranched alkanes of at least 4 members (excludes halogenated alkanes) is 1. The molecule has 0 saturated carbocycles. The molecule has 0 heterocycles. The van der Waals surface area contributed by atoms with E-state index in [0.717, 1.165) is 17.2 Å². The van der Waals surface area contributed by atoms with Crippen molar-refractivity contribution >= 4 is 34.2 Å². The van der Waals surface area contributed by atoms with Crippen LogP contribution >= 0.6 is 0 Å². The number of nitrogens with two attached hydrogens (primary N) is 1. The summed E-state index contributed by atoms with van der Waals surface area (Å²) in [6.45, 7) is 12.2. The Labute approximate surface area is 264 Å². The molecular formula is C35H56N4O5. The summed E-state index contributed by atoms with van der Waals surface area (Å²) in [6, 6.07) is 11.1. The molecule has 0 aliphatic rings. The lowest BCUT2D eigenvalue weighted by atomic mass is 9.89. The van der Waals surface area contributed by atoms with Crippen molar-refractivity contribution in [1.29, 1.82) is 0 Å². The van der Waals surface area contributed by atoms with Crippen LogP contribution in [-0.4, -0.2) is 65.3 Å². The van der Waals surface area contributed by atoms with Gasteiger partial charge in [-0.1, -0.05) is 83.9 Å². The standard InChI is InChI=1S/C35H56N4O5/c1-7-8-17-31(39(35(44)25(6)36)30-18-11-14-26-13-9-10-16-28(26)30)34(43)38-29(20-23(2)3)32(41)21-27(15-12-19-40)33(42)37-22-24(4)5/h9-11,13-14,16,18,23-25,27,29,31-32,40-41H,7-8,12,15,17,19-22,36H2,1-6H3,(H,37,42)(H,38,43)/t25-,27?,29-,31-,32-/m0/s1. The highest BCUT2D eigenvalue weighted by molar-refractivity contribution is 6.09. The Hall–Kier alpha value is -3.01. The number of carbonyl (C=O) groups is 3. The third-order valence-electron chi connectivity index (χ3n) is 7.91. The third-order valence-corrected chi connectivity index (χ3v) is 7.91. The lowest BCUT2D eigenvalue weighted by Gasteiger charge is -2.35. The van der Waals surface area contributed by atoms with Crippen LogP contribution in [0.1, 0.15) is 86.5 Å². The van der Waals surface area contributed by atoms with Crippen molar-refractivity contribution in [1.82, 2.24) is 10.6 Å². The number of hydrogen-bond donors (Lipinski definition) is 5. The highest BCUT2D eigenvalue weighted by atomic mass is 16.3. The van der Waals surface area contributed by atoms with E-state index in [4.69, 9.17) is 5.73 Å². The number of rotatable bonds is 19. The van der Waals surface area contributed by atoms with Crippen molar-refractivity contribution in [3.8, 4) is 0 Å². The summed E-state index contributed by atoms with van der Waals surface area (Å²) in [6.07, 6.45) is 2.46.